The summed E-state index contributed by atoms with van der Waals surface area (Å²) in [4.78, 5) is 20.7. The molecule has 0 fully saturated rings. The molecule has 0 saturated carbocycles. The normalized spacial score (nSPS) is 11.2. The Morgan fingerprint density at radius 1 is 1.00 bits per heavy atom. The molecule has 0 spiro atoms. The van der Waals surface area contributed by atoms with Gasteiger partial charge in [-0.2, -0.15) is 13.2 Å². The third-order valence-corrected chi connectivity index (χ3v) is 4.00. The highest BCUT2D eigenvalue weighted by Gasteiger charge is 2.30. The highest BCUT2D eigenvalue weighted by molar-refractivity contribution is 6.03. The van der Waals surface area contributed by atoms with Crippen molar-refractivity contribution in [3.63, 3.8) is 0 Å². The molecule has 2 N–H and O–H groups in total. The average Bonchev–Trinajstić information content (AvgIpc) is 2.65. The second-order valence-corrected chi connectivity index (χ2v) is 6.24. The lowest BCUT2D eigenvalue weighted by Gasteiger charge is -2.11. The fourth-order valence-electron chi connectivity index (χ4n) is 2.47. The van der Waals surface area contributed by atoms with Crippen LogP contribution in [0.15, 0.2) is 54.7 Å². The number of carbonyl (C=O) groups is 1. The van der Waals surface area contributed by atoms with Gasteiger partial charge in [0.05, 0.1) is 5.56 Å². The summed E-state index contributed by atoms with van der Waals surface area (Å²) in [6.07, 6.45) is -2.99. The number of aryl methyl sites for hydroxylation is 2. The van der Waals surface area contributed by atoms with E-state index in [1.165, 1.54) is 24.4 Å². The first-order valence-electron chi connectivity index (χ1n) is 8.38. The van der Waals surface area contributed by atoms with E-state index in [2.05, 4.69) is 20.6 Å². The van der Waals surface area contributed by atoms with Gasteiger partial charge in [-0.25, -0.2) is 9.97 Å². The Hall–Kier alpha value is -3.42. The number of anilines is 3. The second-order valence-electron chi connectivity index (χ2n) is 6.24. The lowest BCUT2D eigenvalue weighted by molar-refractivity contribution is -0.137. The number of carbonyl (C=O) groups excluding carboxylic acids is 1. The molecule has 0 aliphatic heterocycles. The predicted molar refractivity (Wildman–Crippen MR) is 101 cm³/mol. The van der Waals surface area contributed by atoms with Gasteiger partial charge in [-0.3, -0.25) is 4.79 Å². The molecule has 0 aliphatic carbocycles. The molecule has 0 aliphatic rings. The standard InChI is InChI=1S/C20H17F3N4O/c1-12-3-4-13(2)17(11-12)27-19-24-10-9-16(26-19)18(28)25-15-7-5-14(6-8-15)20(21,22)23/h3-11H,1-2H3,(H,25,28)(H,24,26,27). The SMILES string of the molecule is Cc1ccc(C)c(Nc2nccc(C(=O)Nc3ccc(C(F)(F)F)cc3)n2)c1. The van der Waals surface area contributed by atoms with E-state index in [-0.39, 0.29) is 17.3 Å². The van der Waals surface area contributed by atoms with Crippen molar-refractivity contribution in [2.24, 2.45) is 0 Å². The first kappa shape index (κ1) is 19.3. The first-order valence-corrected chi connectivity index (χ1v) is 8.38. The molecule has 3 rings (SSSR count). The molecule has 8 heteroatoms. The molecule has 0 unspecified atom stereocenters. The summed E-state index contributed by atoms with van der Waals surface area (Å²) < 4.78 is 37.8. The molecule has 2 aromatic carbocycles. The van der Waals surface area contributed by atoms with Crippen molar-refractivity contribution >= 4 is 23.2 Å². The molecule has 28 heavy (non-hydrogen) atoms. The van der Waals surface area contributed by atoms with E-state index in [0.29, 0.717) is 0 Å². The van der Waals surface area contributed by atoms with Crippen LogP contribution in [0.2, 0.25) is 0 Å². The Balaban J connectivity index is 1.74. The minimum absolute atomic E-state index is 0.0858. The number of nitrogens with one attached hydrogen (secondary N) is 2. The summed E-state index contributed by atoms with van der Waals surface area (Å²) in [5.74, 6) is -0.306. The maximum Gasteiger partial charge on any atom is 0.416 e. The van der Waals surface area contributed by atoms with Crippen molar-refractivity contribution in [1.29, 1.82) is 0 Å². The lowest BCUT2D eigenvalue weighted by Crippen LogP contribution is -2.15. The zero-order chi connectivity index (χ0) is 20.3. The monoisotopic (exact) mass is 386 g/mol. The second kappa shape index (κ2) is 7.67. The number of hydrogen-bond acceptors (Lipinski definition) is 4. The zero-order valence-corrected chi connectivity index (χ0v) is 15.1. The average molecular weight is 386 g/mol. The molecule has 3 aromatic rings. The highest BCUT2D eigenvalue weighted by atomic mass is 19.4. The summed E-state index contributed by atoms with van der Waals surface area (Å²) in [6, 6.07) is 11.5. The van der Waals surface area contributed by atoms with Crippen LogP contribution in [0.5, 0.6) is 0 Å². The quantitative estimate of drug-likeness (QED) is 0.654. The minimum Gasteiger partial charge on any atom is -0.324 e. The molecule has 1 aromatic heterocycles. The Kier molecular flexibility index (Phi) is 5.30. The number of halogens is 3. The van der Waals surface area contributed by atoms with E-state index in [9.17, 15) is 18.0 Å². The van der Waals surface area contributed by atoms with Gasteiger partial charge in [0.25, 0.3) is 5.91 Å². The number of benzene rings is 2. The maximum atomic E-state index is 12.6. The van der Waals surface area contributed by atoms with Crippen LogP contribution in [0, 0.1) is 13.8 Å². The number of aromatic nitrogens is 2. The van der Waals surface area contributed by atoms with E-state index < -0.39 is 17.6 Å². The summed E-state index contributed by atoms with van der Waals surface area (Å²) in [7, 11) is 0. The van der Waals surface area contributed by atoms with Gasteiger partial charge in [0.2, 0.25) is 5.95 Å². The predicted octanol–water partition coefficient (Wildman–Crippen LogP) is 5.11. The molecule has 0 radical (unpaired) electrons. The molecule has 144 valence electrons. The van der Waals surface area contributed by atoms with Crippen LogP contribution in [-0.4, -0.2) is 15.9 Å². The smallest absolute Gasteiger partial charge is 0.324 e. The fraction of sp³-hybridized carbons (Fsp3) is 0.150. The summed E-state index contributed by atoms with van der Waals surface area (Å²) in [6.45, 7) is 3.89. The number of hydrogen-bond donors (Lipinski definition) is 2. The van der Waals surface area contributed by atoms with E-state index >= 15 is 0 Å². The van der Waals surface area contributed by atoms with Crippen LogP contribution in [0.1, 0.15) is 27.2 Å². The van der Waals surface area contributed by atoms with Gasteiger partial charge in [-0.1, -0.05) is 12.1 Å². The van der Waals surface area contributed by atoms with Crippen LogP contribution >= 0.6 is 0 Å². The van der Waals surface area contributed by atoms with Gasteiger partial charge in [0.15, 0.2) is 0 Å². The van der Waals surface area contributed by atoms with Gasteiger partial charge in [-0.15, -0.1) is 0 Å². The Morgan fingerprint density at radius 2 is 1.71 bits per heavy atom. The molecule has 0 saturated heterocycles. The number of amides is 1. The molecular formula is C20H17F3N4O. The number of nitrogens with zero attached hydrogens (tertiary/aromatic N) is 2. The van der Waals surface area contributed by atoms with Gasteiger partial charge in [0, 0.05) is 17.6 Å². The fourth-order valence-corrected chi connectivity index (χ4v) is 2.47. The van der Waals surface area contributed by atoms with Crippen molar-refractivity contribution in [2.45, 2.75) is 20.0 Å². The lowest BCUT2D eigenvalue weighted by atomic mass is 10.1. The molecule has 1 amide bonds. The van der Waals surface area contributed by atoms with Crippen molar-refractivity contribution in [3.05, 3.63) is 77.1 Å². The van der Waals surface area contributed by atoms with Gasteiger partial charge in [-0.05, 0) is 61.4 Å². The molecule has 0 atom stereocenters. The first-order chi connectivity index (χ1) is 13.2. The van der Waals surface area contributed by atoms with Crippen LogP contribution in [0.3, 0.4) is 0 Å². The molecule has 5 nitrogen and oxygen atoms in total. The minimum atomic E-state index is -4.43. The van der Waals surface area contributed by atoms with Crippen LogP contribution < -0.4 is 10.6 Å². The van der Waals surface area contributed by atoms with E-state index in [1.54, 1.807) is 0 Å². The highest BCUT2D eigenvalue weighted by Crippen LogP contribution is 2.29. The van der Waals surface area contributed by atoms with Gasteiger partial charge < -0.3 is 10.6 Å². The van der Waals surface area contributed by atoms with Crippen molar-refractivity contribution in [1.82, 2.24) is 9.97 Å². The van der Waals surface area contributed by atoms with Crippen molar-refractivity contribution < 1.29 is 18.0 Å². The summed E-state index contributed by atoms with van der Waals surface area (Å²) in [5, 5.41) is 5.59. The van der Waals surface area contributed by atoms with Crippen LogP contribution in [0.25, 0.3) is 0 Å². The van der Waals surface area contributed by atoms with Gasteiger partial charge in [0.1, 0.15) is 5.69 Å². The topological polar surface area (TPSA) is 66.9 Å². The third kappa shape index (κ3) is 4.64. The van der Waals surface area contributed by atoms with E-state index in [0.717, 1.165) is 28.9 Å². The van der Waals surface area contributed by atoms with E-state index in [4.69, 9.17) is 0 Å². The Morgan fingerprint density at radius 3 is 2.39 bits per heavy atom. The van der Waals surface area contributed by atoms with Crippen LogP contribution in [0.4, 0.5) is 30.5 Å². The van der Waals surface area contributed by atoms with Crippen molar-refractivity contribution in [3.8, 4) is 0 Å². The molecular weight excluding hydrogens is 369 g/mol. The maximum absolute atomic E-state index is 12.6. The Labute approximate surface area is 159 Å². The molecule has 1 heterocycles. The number of rotatable bonds is 4. The van der Waals surface area contributed by atoms with Crippen molar-refractivity contribution in [2.75, 3.05) is 10.6 Å². The molecule has 0 bridgehead atoms. The third-order valence-electron chi connectivity index (χ3n) is 4.00. The van der Waals surface area contributed by atoms with Crippen LogP contribution in [-0.2, 0) is 6.18 Å². The zero-order valence-electron chi connectivity index (χ0n) is 15.1. The number of alkyl halides is 3. The Bertz CT molecular complexity index is 1000. The largest absolute Gasteiger partial charge is 0.416 e. The summed E-state index contributed by atoms with van der Waals surface area (Å²) in [5.41, 5.74) is 2.41. The summed E-state index contributed by atoms with van der Waals surface area (Å²) >= 11 is 0. The van der Waals surface area contributed by atoms with E-state index in [1.807, 2.05) is 32.0 Å². The van der Waals surface area contributed by atoms with Gasteiger partial charge >= 0.3 is 6.18 Å².